The first-order valence-corrected chi connectivity index (χ1v) is 20.9. The largest absolute Gasteiger partial charge is 0.493 e. The standard InChI is InChI=1S/C42H48Br2O2S2/c1-3-5-7-9-11-13-27-45-37-29-36(32-17-21-34(22-18-32)40-24-26-42(44)48-40)38(46-28-14-12-10-8-6-4-2)30-35(37)31-15-19-33(20-16-31)39-23-25-41(43)47-39/h15-26,29-30H,3-14,27-28H2,1-2H3. The molecule has 0 aliphatic rings. The first-order chi connectivity index (χ1) is 23.6. The first kappa shape index (κ1) is 36.9. The Morgan fingerprint density at radius 3 is 1.15 bits per heavy atom. The van der Waals surface area contributed by atoms with Crippen molar-refractivity contribution in [2.75, 3.05) is 13.2 Å². The first-order valence-electron chi connectivity index (χ1n) is 17.7. The van der Waals surface area contributed by atoms with Crippen molar-refractivity contribution in [2.45, 2.75) is 90.9 Å². The van der Waals surface area contributed by atoms with Crippen LogP contribution in [0.1, 0.15) is 90.9 Å². The second kappa shape index (κ2) is 19.7. The smallest absolute Gasteiger partial charge is 0.128 e. The highest BCUT2D eigenvalue weighted by Gasteiger charge is 2.17. The molecule has 0 fully saturated rings. The van der Waals surface area contributed by atoms with E-state index in [1.54, 1.807) is 22.7 Å². The van der Waals surface area contributed by atoms with Gasteiger partial charge in [0.05, 0.1) is 20.8 Å². The van der Waals surface area contributed by atoms with Crippen LogP contribution in [-0.2, 0) is 0 Å². The van der Waals surface area contributed by atoms with Crippen LogP contribution in [0.2, 0.25) is 0 Å². The molecule has 254 valence electrons. The van der Waals surface area contributed by atoms with Gasteiger partial charge in [0, 0.05) is 20.9 Å². The highest BCUT2D eigenvalue weighted by molar-refractivity contribution is 9.11. The lowest BCUT2D eigenvalue weighted by Crippen LogP contribution is -2.03. The minimum Gasteiger partial charge on any atom is -0.493 e. The van der Waals surface area contributed by atoms with Crippen molar-refractivity contribution in [1.29, 1.82) is 0 Å². The fourth-order valence-electron chi connectivity index (χ4n) is 5.95. The van der Waals surface area contributed by atoms with E-state index < -0.39 is 0 Å². The lowest BCUT2D eigenvalue weighted by Gasteiger charge is -2.19. The Labute approximate surface area is 313 Å². The summed E-state index contributed by atoms with van der Waals surface area (Å²) in [6.07, 6.45) is 14.9. The van der Waals surface area contributed by atoms with Gasteiger partial charge < -0.3 is 9.47 Å². The fraction of sp³-hybridized carbons (Fsp3) is 0.381. The Morgan fingerprint density at radius 2 is 0.792 bits per heavy atom. The maximum Gasteiger partial charge on any atom is 0.128 e. The summed E-state index contributed by atoms with van der Waals surface area (Å²) in [7, 11) is 0. The summed E-state index contributed by atoms with van der Waals surface area (Å²) in [6, 6.07) is 30.8. The van der Waals surface area contributed by atoms with E-state index in [0.29, 0.717) is 13.2 Å². The van der Waals surface area contributed by atoms with E-state index in [0.717, 1.165) is 54.2 Å². The highest BCUT2D eigenvalue weighted by atomic mass is 79.9. The van der Waals surface area contributed by atoms with Crippen LogP contribution in [0, 0.1) is 0 Å². The molecule has 0 unspecified atom stereocenters. The number of rotatable bonds is 20. The third-order valence-electron chi connectivity index (χ3n) is 8.70. The number of halogens is 2. The lowest BCUT2D eigenvalue weighted by molar-refractivity contribution is 0.298. The fourth-order valence-corrected chi connectivity index (χ4v) is 8.73. The molecule has 0 amide bonds. The van der Waals surface area contributed by atoms with E-state index in [1.807, 2.05) is 0 Å². The average Bonchev–Trinajstić information content (AvgIpc) is 3.75. The van der Waals surface area contributed by atoms with Crippen LogP contribution in [0.3, 0.4) is 0 Å². The summed E-state index contributed by atoms with van der Waals surface area (Å²) in [5.41, 5.74) is 6.89. The Bertz CT molecular complexity index is 1550. The van der Waals surface area contributed by atoms with E-state index in [9.17, 15) is 0 Å². The van der Waals surface area contributed by atoms with Gasteiger partial charge in [-0.05, 0) is 103 Å². The van der Waals surface area contributed by atoms with Crippen molar-refractivity contribution in [3.05, 3.63) is 92.5 Å². The topological polar surface area (TPSA) is 18.5 Å². The highest BCUT2D eigenvalue weighted by Crippen LogP contribution is 2.43. The van der Waals surface area contributed by atoms with Crippen molar-refractivity contribution in [2.24, 2.45) is 0 Å². The zero-order valence-electron chi connectivity index (χ0n) is 28.4. The van der Waals surface area contributed by atoms with Gasteiger partial charge >= 0.3 is 0 Å². The van der Waals surface area contributed by atoms with Crippen LogP contribution in [-0.4, -0.2) is 13.2 Å². The summed E-state index contributed by atoms with van der Waals surface area (Å²) in [5, 5.41) is 0. The molecule has 0 atom stereocenters. The molecule has 0 radical (unpaired) electrons. The van der Waals surface area contributed by atoms with Crippen molar-refractivity contribution >= 4 is 54.5 Å². The van der Waals surface area contributed by atoms with Crippen LogP contribution >= 0.6 is 54.5 Å². The number of hydrogen-bond donors (Lipinski definition) is 0. The van der Waals surface area contributed by atoms with Crippen LogP contribution in [0.5, 0.6) is 11.5 Å². The maximum atomic E-state index is 6.65. The quantitative estimate of drug-likeness (QED) is 0.0729. The molecule has 0 N–H and O–H groups in total. The van der Waals surface area contributed by atoms with Gasteiger partial charge in [-0.25, -0.2) is 0 Å². The molecule has 0 saturated heterocycles. The summed E-state index contributed by atoms with van der Waals surface area (Å²) in [4.78, 5) is 2.51. The second-order valence-electron chi connectivity index (χ2n) is 12.4. The van der Waals surface area contributed by atoms with Gasteiger partial charge in [0.25, 0.3) is 0 Å². The van der Waals surface area contributed by atoms with Crippen LogP contribution in [0.25, 0.3) is 43.1 Å². The molecule has 0 bridgehead atoms. The van der Waals surface area contributed by atoms with Crippen molar-refractivity contribution in [3.8, 4) is 54.6 Å². The summed E-state index contributed by atoms with van der Waals surface area (Å²) in [5.74, 6) is 1.84. The number of hydrogen-bond acceptors (Lipinski definition) is 4. The molecule has 0 aliphatic carbocycles. The van der Waals surface area contributed by atoms with E-state index >= 15 is 0 Å². The number of unbranched alkanes of at least 4 members (excludes halogenated alkanes) is 10. The molecule has 3 aromatic carbocycles. The third-order valence-corrected chi connectivity index (χ3v) is 12.0. The zero-order valence-corrected chi connectivity index (χ0v) is 33.2. The molecule has 48 heavy (non-hydrogen) atoms. The van der Waals surface area contributed by atoms with Gasteiger partial charge in [-0.3, -0.25) is 0 Å². The van der Waals surface area contributed by atoms with Crippen LogP contribution in [0.15, 0.2) is 92.5 Å². The predicted molar refractivity (Wildman–Crippen MR) is 217 cm³/mol. The van der Waals surface area contributed by atoms with E-state index in [4.69, 9.17) is 9.47 Å². The van der Waals surface area contributed by atoms with Gasteiger partial charge in [-0.15, -0.1) is 22.7 Å². The van der Waals surface area contributed by atoms with Crippen LogP contribution in [0.4, 0.5) is 0 Å². The zero-order chi connectivity index (χ0) is 33.6. The maximum absolute atomic E-state index is 6.65. The summed E-state index contributed by atoms with van der Waals surface area (Å²) >= 11 is 10.7. The number of ether oxygens (including phenoxy) is 2. The van der Waals surface area contributed by atoms with Crippen molar-refractivity contribution in [1.82, 2.24) is 0 Å². The normalized spacial score (nSPS) is 11.2. The lowest BCUT2D eigenvalue weighted by atomic mass is 9.96. The van der Waals surface area contributed by atoms with Gasteiger partial charge in [0.1, 0.15) is 11.5 Å². The SMILES string of the molecule is CCCCCCCCOc1cc(-c2ccc(-c3ccc(Br)s3)cc2)c(OCCCCCCCC)cc1-c1ccc(-c2ccc(Br)s2)cc1. The van der Waals surface area contributed by atoms with Crippen molar-refractivity contribution in [3.63, 3.8) is 0 Å². The molecule has 2 heterocycles. The van der Waals surface area contributed by atoms with Gasteiger partial charge in [-0.1, -0.05) is 127 Å². The Balaban J connectivity index is 1.45. The van der Waals surface area contributed by atoms with Crippen molar-refractivity contribution < 1.29 is 9.47 Å². The van der Waals surface area contributed by atoms with Gasteiger partial charge in [0.15, 0.2) is 0 Å². The number of thiophene rings is 2. The Hall–Kier alpha value is -2.38. The molecular weight excluding hydrogens is 760 g/mol. The molecule has 0 spiro atoms. The average molecular weight is 809 g/mol. The minimum atomic E-state index is 0.712. The van der Waals surface area contributed by atoms with Gasteiger partial charge in [0.2, 0.25) is 0 Å². The monoisotopic (exact) mass is 806 g/mol. The Morgan fingerprint density at radius 1 is 0.438 bits per heavy atom. The molecule has 2 nitrogen and oxygen atoms in total. The number of benzene rings is 3. The Kier molecular flexibility index (Phi) is 15.2. The predicted octanol–water partition coefficient (Wildman–Crippen LogP) is 15.5. The third kappa shape index (κ3) is 10.8. The second-order valence-corrected chi connectivity index (χ2v) is 17.4. The van der Waals surface area contributed by atoms with E-state index in [1.165, 1.54) is 85.1 Å². The van der Waals surface area contributed by atoms with Crippen LogP contribution < -0.4 is 9.47 Å². The molecule has 0 saturated carbocycles. The van der Waals surface area contributed by atoms with Gasteiger partial charge in [-0.2, -0.15) is 0 Å². The molecular formula is C42H48Br2O2S2. The molecule has 5 aromatic rings. The van der Waals surface area contributed by atoms with E-state index in [-0.39, 0.29) is 0 Å². The minimum absolute atomic E-state index is 0.712. The summed E-state index contributed by atoms with van der Waals surface area (Å²) in [6.45, 7) is 5.96. The molecule has 2 aromatic heterocycles. The summed E-state index contributed by atoms with van der Waals surface area (Å²) < 4.78 is 15.6. The molecule has 0 aliphatic heterocycles. The van der Waals surface area contributed by atoms with E-state index in [2.05, 4.69) is 131 Å². The molecule has 6 heteroatoms. The molecule has 5 rings (SSSR count).